The van der Waals surface area contributed by atoms with Crippen LogP contribution < -0.4 is 5.73 Å². The van der Waals surface area contributed by atoms with Crippen LogP contribution in [-0.4, -0.2) is 30.6 Å². The maximum absolute atomic E-state index is 5.88. The molecule has 2 heteroatoms. The maximum atomic E-state index is 5.88. The number of rotatable bonds is 0. The Morgan fingerprint density at radius 1 is 1.30 bits per heavy atom. The summed E-state index contributed by atoms with van der Waals surface area (Å²) >= 11 is 0. The quantitative estimate of drug-likeness (QED) is 0.528. The third-order valence-corrected chi connectivity index (χ3v) is 2.73. The van der Waals surface area contributed by atoms with E-state index >= 15 is 0 Å². The molecule has 2 heterocycles. The Labute approximate surface area is 62.4 Å². The second kappa shape index (κ2) is 2.51. The van der Waals surface area contributed by atoms with Crippen molar-refractivity contribution in [1.29, 1.82) is 0 Å². The van der Waals surface area contributed by atoms with E-state index in [0.717, 1.165) is 12.5 Å². The summed E-state index contributed by atoms with van der Waals surface area (Å²) < 4.78 is 0. The van der Waals surface area contributed by atoms with Gasteiger partial charge in [-0.2, -0.15) is 0 Å². The summed E-state index contributed by atoms with van der Waals surface area (Å²) in [5.74, 6) is 0.928. The molecule has 2 aliphatic heterocycles. The normalized spacial score (nSPS) is 47.1. The molecular formula is C8H16N2. The van der Waals surface area contributed by atoms with Gasteiger partial charge in [-0.05, 0) is 31.7 Å². The fourth-order valence-electron chi connectivity index (χ4n) is 2.34. The predicted octanol–water partition coefficient (Wildman–Crippen LogP) is 0.429. The molecule has 2 N–H and O–H groups in total. The molecule has 0 aliphatic carbocycles. The van der Waals surface area contributed by atoms with E-state index in [1.165, 1.54) is 32.4 Å². The average molecular weight is 140 g/mol. The Balaban J connectivity index is 1.98. The molecule has 0 aromatic carbocycles. The fourth-order valence-corrected chi connectivity index (χ4v) is 2.34. The van der Waals surface area contributed by atoms with E-state index < -0.39 is 0 Å². The molecule has 0 spiro atoms. The van der Waals surface area contributed by atoms with Crippen LogP contribution in [0.15, 0.2) is 0 Å². The van der Waals surface area contributed by atoms with Gasteiger partial charge >= 0.3 is 0 Å². The van der Waals surface area contributed by atoms with Crippen molar-refractivity contribution in [2.24, 2.45) is 11.7 Å². The van der Waals surface area contributed by atoms with Gasteiger partial charge in [0.15, 0.2) is 0 Å². The number of piperidine rings is 2. The van der Waals surface area contributed by atoms with Gasteiger partial charge in [0.1, 0.15) is 0 Å². The number of nitrogens with zero attached hydrogens (tertiary/aromatic N) is 1. The van der Waals surface area contributed by atoms with Crippen LogP contribution in [0.3, 0.4) is 0 Å². The highest BCUT2D eigenvalue weighted by molar-refractivity contribution is 4.84. The van der Waals surface area contributed by atoms with Gasteiger partial charge in [-0.1, -0.05) is 0 Å². The van der Waals surface area contributed by atoms with Crippen molar-refractivity contribution in [2.75, 3.05) is 19.6 Å². The number of nitrogens with two attached hydrogens (primary N) is 1. The van der Waals surface area contributed by atoms with Gasteiger partial charge in [0.05, 0.1) is 0 Å². The van der Waals surface area contributed by atoms with Crippen molar-refractivity contribution >= 4 is 0 Å². The van der Waals surface area contributed by atoms with Gasteiger partial charge in [-0.25, -0.2) is 0 Å². The first-order chi connectivity index (χ1) is 4.84. The molecule has 2 nitrogen and oxygen atoms in total. The van der Waals surface area contributed by atoms with Crippen molar-refractivity contribution in [3.05, 3.63) is 0 Å². The molecule has 0 aromatic rings. The average Bonchev–Trinajstić information content (AvgIpc) is 1.85. The van der Waals surface area contributed by atoms with E-state index in [1.54, 1.807) is 0 Å². The zero-order valence-corrected chi connectivity index (χ0v) is 6.42. The van der Waals surface area contributed by atoms with Gasteiger partial charge < -0.3 is 10.6 Å². The minimum absolute atomic E-state index is 0.471. The molecule has 3 unspecified atom stereocenters. The van der Waals surface area contributed by atoms with Gasteiger partial charge in [0, 0.05) is 19.1 Å². The van der Waals surface area contributed by atoms with Crippen LogP contribution >= 0.6 is 0 Å². The topological polar surface area (TPSA) is 29.3 Å². The van der Waals surface area contributed by atoms with Crippen molar-refractivity contribution in [1.82, 2.24) is 4.90 Å². The summed E-state index contributed by atoms with van der Waals surface area (Å²) in [7, 11) is 0. The predicted molar refractivity (Wildman–Crippen MR) is 41.8 cm³/mol. The summed E-state index contributed by atoms with van der Waals surface area (Å²) in [6.07, 6.45) is 4.10. The van der Waals surface area contributed by atoms with Gasteiger partial charge in [0.2, 0.25) is 0 Å². The molecule has 58 valence electrons. The molecule has 10 heavy (non-hydrogen) atoms. The van der Waals surface area contributed by atoms with Crippen molar-refractivity contribution < 1.29 is 0 Å². The van der Waals surface area contributed by atoms with E-state index in [4.69, 9.17) is 5.73 Å². The van der Waals surface area contributed by atoms with Crippen molar-refractivity contribution in [2.45, 2.75) is 25.3 Å². The summed E-state index contributed by atoms with van der Waals surface area (Å²) in [4.78, 5) is 2.52. The molecular weight excluding hydrogens is 124 g/mol. The number of hydrogen-bond donors (Lipinski definition) is 1. The van der Waals surface area contributed by atoms with E-state index in [9.17, 15) is 0 Å². The summed E-state index contributed by atoms with van der Waals surface area (Å²) in [5.41, 5.74) is 5.88. The van der Waals surface area contributed by atoms with Crippen molar-refractivity contribution in [3.63, 3.8) is 0 Å². The van der Waals surface area contributed by atoms with Crippen molar-refractivity contribution in [3.8, 4) is 0 Å². The third-order valence-electron chi connectivity index (χ3n) is 2.73. The second-order valence-corrected chi connectivity index (χ2v) is 3.76. The molecule has 2 saturated heterocycles. The van der Waals surface area contributed by atoms with Crippen LogP contribution in [0.2, 0.25) is 0 Å². The first-order valence-electron chi connectivity index (χ1n) is 4.32. The van der Waals surface area contributed by atoms with Gasteiger partial charge in [0.25, 0.3) is 0 Å². The highest BCUT2D eigenvalue weighted by Crippen LogP contribution is 2.24. The largest absolute Gasteiger partial charge is 0.327 e. The molecule has 0 saturated carbocycles. The Morgan fingerprint density at radius 2 is 2.20 bits per heavy atom. The third kappa shape index (κ3) is 1.18. The lowest BCUT2D eigenvalue weighted by Crippen LogP contribution is -2.49. The number of fused-ring (bicyclic) bond motifs is 2. The molecule has 2 fully saturated rings. The maximum Gasteiger partial charge on any atom is 0.0170 e. The first kappa shape index (κ1) is 6.62. The molecule has 2 bridgehead atoms. The Morgan fingerprint density at radius 3 is 3.00 bits per heavy atom. The fraction of sp³-hybridized carbons (Fsp3) is 1.00. The molecule has 2 aliphatic rings. The summed E-state index contributed by atoms with van der Waals surface area (Å²) in [6, 6.07) is 0.471. The van der Waals surface area contributed by atoms with Crippen LogP contribution in [-0.2, 0) is 0 Å². The zero-order valence-electron chi connectivity index (χ0n) is 6.42. The van der Waals surface area contributed by atoms with Crippen LogP contribution in [0.25, 0.3) is 0 Å². The Bertz CT molecular complexity index is 108. The minimum atomic E-state index is 0.471. The minimum Gasteiger partial charge on any atom is -0.327 e. The van der Waals surface area contributed by atoms with Crippen LogP contribution in [0.1, 0.15) is 19.3 Å². The lowest BCUT2D eigenvalue weighted by atomic mass is 9.87. The smallest absolute Gasteiger partial charge is 0.0170 e. The molecule has 3 atom stereocenters. The SMILES string of the molecule is NC1CC2CCCN(C1)C2. The molecule has 0 amide bonds. The van der Waals surface area contributed by atoms with E-state index in [-0.39, 0.29) is 0 Å². The van der Waals surface area contributed by atoms with Crippen LogP contribution in [0.5, 0.6) is 0 Å². The van der Waals surface area contributed by atoms with E-state index in [0.29, 0.717) is 6.04 Å². The second-order valence-electron chi connectivity index (χ2n) is 3.76. The highest BCUT2D eigenvalue weighted by Gasteiger charge is 2.27. The molecule has 0 radical (unpaired) electrons. The van der Waals surface area contributed by atoms with E-state index in [2.05, 4.69) is 4.90 Å². The standard InChI is InChI=1S/C8H16N2/c9-8-4-7-2-1-3-10(5-7)6-8/h7-8H,1-6,9H2. The lowest BCUT2D eigenvalue weighted by Gasteiger charge is -2.40. The molecule has 2 rings (SSSR count). The van der Waals surface area contributed by atoms with Gasteiger partial charge in [-0.3, -0.25) is 0 Å². The first-order valence-corrected chi connectivity index (χ1v) is 4.32. The zero-order chi connectivity index (χ0) is 6.97. The van der Waals surface area contributed by atoms with E-state index in [1.807, 2.05) is 0 Å². The van der Waals surface area contributed by atoms with Crippen LogP contribution in [0.4, 0.5) is 0 Å². The Kier molecular flexibility index (Phi) is 1.66. The van der Waals surface area contributed by atoms with Gasteiger partial charge in [-0.15, -0.1) is 0 Å². The Hall–Kier alpha value is -0.0800. The highest BCUT2D eigenvalue weighted by atomic mass is 15.2. The summed E-state index contributed by atoms with van der Waals surface area (Å²) in [6.45, 7) is 3.77. The monoisotopic (exact) mass is 140 g/mol. The lowest BCUT2D eigenvalue weighted by molar-refractivity contribution is 0.110. The van der Waals surface area contributed by atoms with Crippen LogP contribution in [0, 0.1) is 5.92 Å². The number of hydrogen-bond acceptors (Lipinski definition) is 2. The summed E-state index contributed by atoms with van der Waals surface area (Å²) in [5, 5.41) is 0. The molecule has 0 aromatic heterocycles.